The van der Waals surface area contributed by atoms with Gasteiger partial charge in [-0.2, -0.15) is 0 Å². The number of anilines is 2. The molecule has 34 heavy (non-hydrogen) atoms. The summed E-state index contributed by atoms with van der Waals surface area (Å²) in [6.45, 7) is 1.82. The molecule has 0 fully saturated rings. The highest BCUT2D eigenvalue weighted by molar-refractivity contribution is 6.10. The highest BCUT2D eigenvalue weighted by Crippen LogP contribution is 2.27. The van der Waals surface area contributed by atoms with Crippen LogP contribution in [0.2, 0.25) is 0 Å². The van der Waals surface area contributed by atoms with E-state index in [1.165, 1.54) is 32.2 Å². The number of nitrogens with zero attached hydrogens (tertiary/aromatic N) is 3. The first-order chi connectivity index (χ1) is 16.3. The van der Waals surface area contributed by atoms with Crippen LogP contribution in [0.4, 0.5) is 17.2 Å². The molecule has 1 heterocycles. The third kappa shape index (κ3) is 5.04. The maximum atomic E-state index is 13.6. The van der Waals surface area contributed by atoms with E-state index in [4.69, 9.17) is 10.5 Å². The fourth-order valence-corrected chi connectivity index (χ4v) is 3.66. The summed E-state index contributed by atoms with van der Waals surface area (Å²) in [4.78, 5) is 53.3. The lowest BCUT2D eigenvalue weighted by Crippen LogP contribution is -2.42. The molecule has 0 unspecified atom stereocenters. The molecular weight excluding hydrogens is 442 g/mol. The number of nitrogen functional groups attached to an aromatic ring is 1. The van der Waals surface area contributed by atoms with Crippen molar-refractivity contribution in [2.24, 2.45) is 0 Å². The number of hydrogen-bond acceptors (Lipinski definition) is 7. The first-order valence-electron chi connectivity index (χ1n) is 10.5. The van der Waals surface area contributed by atoms with Crippen LogP contribution in [0.5, 0.6) is 0 Å². The molecule has 1 amide bonds. The van der Waals surface area contributed by atoms with Gasteiger partial charge in [0.05, 0.1) is 11.5 Å². The zero-order chi connectivity index (χ0) is 24.8. The highest BCUT2D eigenvalue weighted by atomic mass is 16.6. The fraction of sp³-hybridized carbons (Fsp3) is 0.261. The number of nitro benzene ring substituents is 1. The topological polar surface area (TPSA) is 154 Å². The molecular formula is C23H25N5O6. The van der Waals surface area contributed by atoms with Gasteiger partial charge in [-0.15, -0.1) is 0 Å². The lowest BCUT2D eigenvalue weighted by Gasteiger charge is -2.24. The van der Waals surface area contributed by atoms with E-state index in [0.717, 1.165) is 15.0 Å². The van der Waals surface area contributed by atoms with Crippen LogP contribution in [0.25, 0.3) is 0 Å². The van der Waals surface area contributed by atoms with Crippen LogP contribution in [-0.4, -0.2) is 40.6 Å². The van der Waals surface area contributed by atoms with Gasteiger partial charge in [0.1, 0.15) is 11.4 Å². The molecule has 11 heteroatoms. The average molecular weight is 467 g/mol. The van der Waals surface area contributed by atoms with Crippen molar-refractivity contribution in [3.8, 4) is 0 Å². The molecule has 2 aromatic carbocycles. The first-order valence-corrected chi connectivity index (χ1v) is 10.5. The van der Waals surface area contributed by atoms with Gasteiger partial charge in [-0.3, -0.25) is 29.3 Å². The number of methoxy groups -OCH3 is 1. The van der Waals surface area contributed by atoms with Crippen LogP contribution in [0.3, 0.4) is 0 Å². The summed E-state index contributed by atoms with van der Waals surface area (Å²) in [7, 11) is 1.48. The third-order valence-corrected chi connectivity index (χ3v) is 5.29. The molecule has 0 atom stereocenters. The lowest BCUT2D eigenvalue weighted by atomic mass is 10.1. The van der Waals surface area contributed by atoms with E-state index in [9.17, 15) is 24.5 Å². The maximum Gasteiger partial charge on any atom is 0.330 e. The standard InChI is InChI=1S/C23H25N5O6/c1-15-8-6-11-17(18(15)28(32)33)22(30)26(12-7-13-34-2)19-20(24)27(23(31)25-21(19)29)14-16-9-4-3-5-10-16/h3-6,8-11H,7,12-14,24H2,1-2H3,(H,25,29,31). The number of H-pyrrole nitrogens is 1. The van der Waals surface area contributed by atoms with Crippen molar-refractivity contribution in [2.75, 3.05) is 30.9 Å². The van der Waals surface area contributed by atoms with Crippen molar-refractivity contribution in [2.45, 2.75) is 19.9 Å². The summed E-state index contributed by atoms with van der Waals surface area (Å²) in [6, 6.07) is 13.3. The summed E-state index contributed by atoms with van der Waals surface area (Å²) < 4.78 is 6.20. The molecule has 0 bridgehead atoms. The second-order valence-electron chi connectivity index (χ2n) is 7.60. The number of carbonyl (C=O) groups is 1. The Morgan fingerprint density at radius 1 is 1.18 bits per heavy atom. The molecule has 178 valence electrons. The first kappa shape index (κ1) is 24.4. The van der Waals surface area contributed by atoms with E-state index < -0.39 is 22.1 Å². The quantitative estimate of drug-likeness (QED) is 0.277. The summed E-state index contributed by atoms with van der Waals surface area (Å²) in [5.41, 5.74) is 4.89. The van der Waals surface area contributed by atoms with Crippen molar-refractivity contribution in [1.29, 1.82) is 0 Å². The highest BCUT2D eigenvalue weighted by Gasteiger charge is 2.30. The number of ether oxygens (including phenoxy) is 1. The number of aromatic amines is 1. The van der Waals surface area contributed by atoms with Crippen LogP contribution < -0.4 is 21.9 Å². The molecule has 0 radical (unpaired) electrons. The lowest BCUT2D eigenvalue weighted by molar-refractivity contribution is -0.385. The number of carbonyl (C=O) groups excluding carboxylic acids is 1. The van der Waals surface area contributed by atoms with Crippen molar-refractivity contribution >= 4 is 23.1 Å². The molecule has 0 saturated heterocycles. The smallest absolute Gasteiger partial charge is 0.330 e. The van der Waals surface area contributed by atoms with E-state index >= 15 is 0 Å². The third-order valence-electron chi connectivity index (χ3n) is 5.29. The van der Waals surface area contributed by atoms with Gasteiger partial charge in [0.15, 0.2) is 5.69 Å². The van der Waals surface area contributed by atoms with E-state index in [-0.39, 0.29) is 42.5 Å². The Kier molecular flexibility index (Phi) is 7.59. The molecule has 0 spiro atoms. The molecule has 0 aliphatic carbocycles. The zero-order valence-corrected chi connectivity index (χ0v) is 18.8. The number of benzene rings is 2. The second kappa shape index (κ2) is 10.6. The van der Waals surface area contributed by atoms with Gasteiger partial charge < -0.3 is 15.4 Å². The number of nitrogens with one attached hydrogen (secondary N) is 1. The van der Waals surface area contributed by atoms with Crippen molar-refractivity contribution in [3.63, 3.8) is 0 Å². The average Bonchev–Trinajstić information content (AvgIpc) is 2.80. The maximum absolute atomic E-state index is 13.6. The van der Waals surface area contributed by atoms with Gasteiger partial charge in [-0.1, -0.05) is 42.5 Å². The molecule has 3 N–H and O–H groups in total. The molecule has 0 aliphatic heterocycles. The number of amides is 1. The monoisotopic (exact) mass is 467 g/mol. The number of para-hydroxylation sites is 1. The minimum Gasteiger partial charge on any atom is -0.385 e. The summed E-state index contributed by atoms with van der Waals surface area (Å²) in [6.07, 6.45) is 0.318. The summed E-state index contributed by atoms with van der Waals surface area (Å²) in [5.74, 6) is -1.01. The van der Waals surface area contributed by atoms with Gasteiger partial charge in [0, 0.05) is 25.8 Å². The molecule has 11 nitrogen and oxygen atoms in total. The van der Waals surface area contributed by atoms with Gasteiger partial charge in [0.25, 0.3) is 17.2 Å². The van der Waals surface area contributed by atoms with Crippen molar-refractivity contribution in [1.82, 2.24) is 9.55 Å². The van der Waals surface area contributed by atoms with E-state index in [1.807, 2.05) is 6.07 Å². The predicted octanol–water partition coefficient (Wildman–Crippen LogP) is 2.07. The number of aryl methyl sites for hydroxylation is 1. The van der Waals surface area contributed by atoms with Crippen molar-refractivity contribution in [3.05, 3.63) is 96.2 Å². The normalized spacial score (nSPS) is 10.8. The van der Waals surface area contributed by atoms with E-state index in [2.05, 4.69) is 4.98 Å². The number of hydrogen-bond donors (Lipinski definition) is 2. The molecule has 3 aromatic rings. The van der Waals surface area contributed by atoms with E-state index in [1.54, 1.807) is 24.3 Å². The Morgan fingerprint density at radius 2 is 1.88 bits per heavy atom. The number of rotatable bonds is 9. The fourth-order valence-electron chi connectivity index (χ4n) is 3.66. The molecule has 0 saturated carbocycles. The second-order valence-corrected chi connectivity index (χ2v) is 7.60. The van der Waals surface area contributed by atoms with Crippen LogP contribution in [0, 0.1) is 17.0 Å². The Balaban J connectivity index is 2.17. The zero-order valence-electron chi connectivity index (χ0n) is 18.8. The van der Waals surface area contributed by atoms with Gasteiger partial charge in [-0.05, 0) is 25.0 Å². The molecule has 1 aromatic heterocycles. The molecule has 3 rings (SSSR count). The van der Waals surface area contributed by atoms with Crippen LogP contribution >= 0.6 is 0 Å². The van der Waals surface area contributed by atoms with Gasteiger partial charge in [-0.25, -0.2) is 4.79 Å². The number of aromatic nitrogens is 2. The van der Waals surface area contributed by atoms with Crippen molar-refractivity contribution < 1.29 is 14.5 Å². The van der Waals surface area contributed by atoms with Gasteiger partial charge in [0.2, 0.25) is 0 Å². The van der Waals surface area contributed by atoms with E-state index in [0.29, 0.717) is 12.0 Å². The number of nitro groups is 1. The van der Waals surface area contributed by atoms with Gasteiger partial charge >= 0.3 is 5.69 Å². The Morgan fingerprint density at radius 3 is 2.53 bits per heavy atom. The SMILES string of the molecule is COCCCN(C(=O)c1cccc(C)c1[N+](=O)[O-])c1c(N)n(Cc2ccccc2)c(=O)[nH]c1=O. The van der Waals surface area contributed by atoms with Crippen LogP contribution in [-0.2, 0) is 11.3 Å². The number of nitrogens with two attached hydrogens (primary N) is 1. The predicted molar refractivity (Wildman–Crippen MR) is 127 cm³/mol. The minimum atomic E-state index is -0.868. The Hall–Kier alpha value is -4.25. The minimum absolute atomic E-state index is 0.0193. The Labute approximate surface area is 194 Å². The summed E-state index contributed by atoms with van der Waals surface area (Å²) in [5, 5.41) is 11.7. The molecule has 0 aliphatic rings. The largest absolute Gasteiger partial charge is 0.385 e. The summed E-state index contributed by atoms with van der Waals surface area (Å²) >= 11 is 0. The Bertz CT molecular complexity index is 1320. The van der Waals surface area contributed by atoms with Crippen LogP contribution in [0.15, 0.2) is 58.1 Å². The van der Waals surface area contributed by atoms with Crippen LogP contribution in [0.1, 0.15) is 27.9 Å².